The fraction of sp³-hybridized carbons (Fsp3) is 0. The zero-order valence-corrected chi connectivity index (χ0v) is 14.9. The van der Waals surface area contributed by atoms with Crippen molar-refractivity contribution in [2.45, 2.75) is 0 Å². The molecule has 10 heteroatoms. The lowest BCUT2D eigenvalue weighted by molar-refractivity contribution is -0.393. The second-order valence-electron chi connectivity index (χ2n) is 5.50. The van der Waals surface area contributed by atoms with Gasteiger partial charge in [0.15, 0.2) is 0 Å². The van der Waals surface area contributed by atoms with Crippen LogP contribution in [0.15, 0.2) is 72.0 Å². The Morgan fingerprint density at radius 1 is 1.00 bits per heavy atom. The van der Waals surface area contributed by atoms with E-state index in [0.29, 0.717) is 16.8 Å². The first-order chi connectivity index (χ1) is 13.5. The minimum atomic E-state index is -0.718. The summed E-state index contributed by atoms with van der Waals surface area (Å²) < 4.78 is 0. The summed E-state index contributed by atoms with van der Waals surface area (Å²) in [5.41, 5.74) is 3.40. The average molecular weight is 398 g/mol. The van der Waals surface area contributed by atoms with Crippen LogP contribution < -0.4 is 5.43 Å². The number of anilines is 1. The molecule has 0 unspecified atom stereocenters. The van der Waals surface area contributed by atoms with Crippen LogP contribution in [0.4, 0.5) is 17.1 Å². The third kappa shape index (κ3) is 4.10. The Hall–Kier alpha value is -3.85. The number of nitrogens with one attached hydrogen (secondary N) is 1. The topological polar surface area (TPSA) is 124 Å². The third-order valence-corrected chi connectivity index (χ3v) is 4.04. The average Bonchev–Trinajstić information content (AvgIpc) is 2.70. The molecule has 0 aliphatic carbocycles. The van der Waals surface area contributed by atoms with Crippen molar-refractivity contribution in [3.05, 3.63) is 103 Å². The van der Waals surface area contributed by atoms with Gasteiger partial charge in [0.25, 0.3) is 5.69 Å². The SMILES string of the molecule is O=[N+]([O-])c1ccc(N/N=C(\c2ccccc2)c2cccnc2Cl)c([N+](=O)[O-])c1. The molecular formula is C18H12ClN5O4. The van der Waals surface area contributed by atoms with Gasteiger partial charge in [-0.1, -0.05) is 41.9 Å². The number of halogens is 1. The summed E-state index contributed by atoms with van der Waals surface area (Å²) in [5.74, 6) is 0. The molecule has 0 bridgehead atoms. The van der Waals surface area contributed by atoms with E-state index in [1.807, 2.05) is 18.2 Å². The molecule has 9 nitrogen and oxygen atoms in total. The van der Waals surface area contributed by atoms with Gasteiger partial charge in [-0.05, 0) is 18.2 Å². The van der Waals surface area contributed by atoms with E-state index in [1.54, 1.807) is 24.3 Å². The van der Waals surface area contributed by atoms with Gasteiger partial charge in [0.1, 0.15) is 16.6 Å². The fourth-order valence-electron chi connectivity index (χ4n) is 2.43. The fourth-order valence-corrected chi connectivity index (χ4v) is 2.64. The molecule has 0 amide bonds. The number of nitro benzene ring substituents is 2. The van der Waals surface area contributed by atoms with Crippen LogP contribution >= 0.6 is 11.6 Å². The Labute approximate surface area is 163 Å². The quantitative estimate of drug-likeness (QED) is 0.284. The maximum Gasteiger partial charge on any atom is 0.301 e. The molecule has 0 fully saturated rings. The van der Waals surface area contributed by atoms with Crippen molar-refractivity contribution in [3.63, 3.8) is 0 Å². The van der Waals surface area contributed by atoms with Gasteiger partial charge in [0.05, 0.1) is 15.9 Å². The highest BCUT2D eigenvalue weighted by Gasteiger charge is 2.20. The van der Waals surface area contributed by atoms with E-state index in [-0.39, 0.29) is 16.5 Å². The van der Waals surface area contributed by atoms with E-state index in [2.05, 4.69) is 15.5 Å². The zero-order valence-electron chi connectivity index (χ0n) is 14.2. The maximum atomic E-state index is 11.3. The largest absolute Gasteiger partial charge is 0.301 e. The molecule has 1 heterocycles. The third-order valence-electron chi connectivity index (χ3n) is 3.74. The minimum Gasteiger partial charge on any atom is -0.271 e. The molecule has 1 N–H and O–H groups in total. The lowest BCUT2D eigenvalue weighted by Crippen LogP contribution is -2.08. The predicted molar refractivity (Wildman–Crippen MR) is 105 cm³/mol. The van der Waals surface area contributed by atoms with Gasteiger partial charge >= 0.3 is 5.69 Å². The molecule has 28 heavy (non-hydrogen) atoms. The van der Waals surface area contributed by atoms with Crippen molar-refractivity contribution in [2.24, 2.45) is 5.10 Å². The normalized spacial score (nSPS) is 11.1. The lowest BCUT2D eigenvalue weighted by Gasteiger charge is -2.09. The van der Waals surface area contributed by atoms with Gasteiger partial charge in [-0.2, -0.15) is 5.10 Å². The molecule has 3 aromatic rings. The van der Waals surface area contributed by atoms with E-state index in [0.717, 1.165) is 12.1 Å². The molecule has 1 aromatic heterocycles. The summed E-state index contributed by atoms with van der Waals surface area (Å²) in [6.45, 7) is 0. The summed E-state index contributed by atoms with van der Waals surface area (Å²) in [5, 5.41) is 26.7. The number of non-ortho nitro benzene ring substituents is 1. The molecule has 0 radical (unpaired) electrons. The summed E-state index contributed by atoms with van der Waals surface area (Å²) in [7, 11) is 0. The van der Waals surface area contributed by atoms with Crippen LogP contribution in [0.5, 0.6) is 0 Å². The van der Waals surface area contributed by atoms with Crippen molar-refractivity contribution in [2.75, 3.05) is 5.43 Å². The van der Waals surface area contributed by atoms with Gasteiger partial charge in [0, 0.05) is 23.4 Å². The lowest BCUT2D eigenvalue weighted by atomic mass is 10.0. The number of hydrogen-bond donors (Lipinski definition) is 1. The number of aromatic nitrogens is 1. The van der Waals surface area contributed by atoms with Crippen LogP contribution in [0.3, 0.4) is 0 Å². The van der Waals surface area contributed by atoms with Gasteiger partial charge < -0.3 is 0 Å². The highest BCUT2D eigenvalue weighted by Crippen LogP contribution is 2.29. The molecule has 140 valence electrons. The van der Waals surface area contributed by atoms with E-state index in [4.69, 9.17) is 11.6 Å². The summed E-state index contributed by atoms with van der Waals surface area (Å²) in [6.07, 6.45) is 1.53. The summed E-state index contributed by atoms with van der Waals surface area (Å²) >= 11 is 6.19. The van der Waals surface area contributed by atoms with Gasteiger partial charge in [0.2, 0.25) is 0 Å². The monoisotopic (exact) mass is 397 g/mol. The number of benzene rings is 2. The molecule has 3 rings (SSSR count). The van der Waals surface area contributed by atoms with Crippen LogP contribution in [0.2, 0.25) is 5.15 Å². The van der Waals surface area contributed by atoms with Crippen LogP contribution in [-0.2, 0) is 0 Å². The van der Waals surface area contributed by atoms with Gasteiger partial charge in [-0.3, -0.25) is 25.7 Å². The van der Waals surface area contributed by atoms with Crippen molar-refractivity contribution in [1.82, 2.24) is 4.98 Å². The summed E-state index contributed by atoms with van der Waals surface area (Å²) in [6, 6.07) is 15.7. The molecule has 0 atom stereocenters. The first-order valence-electron chi connectivity index (χ1n) is 7.90. The Kier molecular flexibility index (Phi) is 5.56. The Balaban J connectivity index is 2.07. The second-order valence-corrected chi connectivity index (χ2v) is 5.85. The second kappa shape index (κ2) is 8.23. The Morgan fingerprint density at radius 3 is 2.39 bits per heavy atom. The van der Waals surface area contributed by atoms with Gasteiger partial charge in [-0.15, -0.1) is 0 Å². The molecular weight excluding hydrogens is 386 g/mol. The first-order valence-corrected chi connectivity index (χ1v) is 8.28. The molecule has 0 aliphatic heterocycles. The van der Waals surface area contributed by atoms with Crippen molar-refractivity contribution >= 4 is 34.4 Å². The predicted octanol–water partition coefficient (Wildman–Crippen LogP) is 4.42. The summed E-state index contributed by atoms with van der Waals surface area (Å²) in [4.78, 5) is 24.8. The standard InChI is InChI=1S/C18H12ClN5O4/c19-18-14(7-4-10-20-18)17(12-5-2-1-3-6-12)22-21-15-9-8-13(23(25)26)11-16(15)24(27)28/h1-11,21H/b22-17+. The van der Waals surface area contributed by atoms with Crippen LogP contribution in [0.1, 0.15) is 11.1 Å². The minimum absolute atomic E-state index is 0.00374. The van der Waals surface area contributed by atoms with Crippen molar-refractivity contribution in [3.8, 4) is 0 Å². The number of nitro groups is 2. The van der Waals surface area contributed by atoms with Crippen molar-refractivity contribution in [1.29, 1.82) is 0 Å². The van der Waals surface area contributed by atoms with Gasteiger partial charge in [-0.25, -0.2) is 4.98 Å². The zero-order chi connectivity index (χ0) is 20.1. The number of hydrazone groups is 1. The Bertz CT molecular complexity index is 1070. The van der Waals surface area contributed by atoms with E-state index in [9.17, 15) is 20.2 Å². The molecule has 2 aromatic carbocycles. The smallest absolute Gasteiger partial charge is 0.271 e. The van der Waals surface area contributed by atoms with Crippen LogP contribution in [0, 0.1) is 20.2 Å². The van der Waals surface area contributed by atoms with Crippen LogP contribution in [-0.4, -0.2) is 20.5 Å². The molecule has 0 saturated carbocycles. The Morgan fingerprint density at radius 2 is 1.75 bits per heavy atom. The highest BCUT2D eigenvalue weighted by atomic mass is 35.5. The number of rotatable bonds is 6. The number of nitrogens with zero attached hydrogens (tertiary/aromatic N) is 4. The van der Waals surface area contributed by atoms with Crippen LogP contribution in [0.25, 0.3) is 0 Å². The van der Waals surface area contributed by atoms with E-state index in [1.165, 1.54) is 12.3 Å². The van der Waals surface area contributed by atoms with Crippen molar-refractivity contribution < 1.29 is 9.85 Å². The molecule has 0 spiro atoms. The number of hydrogen-bond acceptors (Lipinski definition) is 7. The molecule has 0 aliphatic rings. The van der Waals surface area contributed by atoms with E-state index < -0.39 is 15.5 Å². The highest BCUT2D eigenvalue weighted by molar-refractivity contribution is 6.34. The number of pyridine rings is 1. The molecule has 0 saturated heterocycles. The van der Waals surface area contributed by atoms with E-state index >= 15 is 0 Å². The maximum absolute atomic E-state index is 11.3. The first kappa shape index (κ1) is 18.9.